The van der Waals surface area contributed by atoms with E-state index in [1.165, 1.54) is 0 Å². The quantitative estimate of drug-likeness (QED) is 0.772. The van der Waals surface area contributed by atoms with Crippen molar-refractivity contribution in [2.45, 2.75) is 58.2 Å². The third-order valence-electron chi connectivity index (χ3n) is 2.94. The first-order chi connectivity index (χ1) is 8.26. The average molecular weight is 255 g/mol. The van der Waals surface area contributed by atoms with Crippen molar-refractivity contribution in [3.05, 3.63) is 12.2 Å². The summed E-state index contributed by atoms with van der Waals surface area (Å²) < 4.78 is 5.31. The largest absolute Gasteiger partial charge is 0.444 e. The zero-order valence-electron chi connectivity index (χ0n) is 11.9. The van der Waals surface area contributed by atoms with Crippen molar-refractivity contribution in [1.29, 1.82) is 0 Å². The van der Waals surface area contributed by atoms with Crippen LogP contribution >= 0.6 is 0 Å². The molecule has 0 aromatic carbocycles. The fourth-order valence-corrected chi connectivity index (χ4v) is 1.91. The lowest BCUT2D eigenvalue weighted by molar-refractivity contribution is -0.00863. The molecular weight excluding hydrogens is 230 g/mol. The molecule has 0 atom stereocenters. The van der Waals surface area contributed by atoms with Crippen LogP contribution in [-0.2, 0) is 4.74 Å². The molecular formula is C14H25NO3. The SMILES string of the molecule is CC/C=C/C1(O)CCN(C(=O)OC(C)(C)C)CC1. The number of aliphatic hydroxyl groups is 1. The summed E-state index contributed by atoms with van der Waals surface area (Å²) in [5, 5.41) is 10.3. The van der Waals surface area contributed by atoms with Gasteiger partial charge in [0.1, 0.15) is 5.60 Å². The molecule has 1 heterocycles. The minimum atomic E-state index is -0.755. The van der Waals surface area contributed by atoms with Crippen LogP contribution < -0.4 is 0 Å². The van der Waals surface area contributed by atoms with Crippen molar-refractivity contribution in [3.63, 3.8) is 0 Å². The van der Waals surface area contributed by atoms with Crippen LogP contribution in [0.4, 0.5) is 4.79 Å². The van der Waals surface area contributed by atoms with Gasteiger partial charge in [-0.15, -0.1) is 0 Å². The number of rotatable bonds is 2. The molecule has 4 heteroatoms. The summed E-state index contributed by atoms with van der Waals surface area (Å²) >= 11 is 0. The van der Waals surface area contributed by atoms with Crippen molar-refractivity contribution >= 4 is 6.09 Å². The van der Waals surface area contributed by atoms with Gasteiger partial charge in [0.25, 0.3) is 0 Å². The first-order valence-electron chi connectivity index (χ1n) is 6.64. The minimum absolute atomic E-state index is 0.288. The first-order valence-corrected chi connectivity index (χ1v) is 6.64. The molecule has 0 saturated carbocycles. The third kappa shape index (κ3) is 4.69. The number of hydrogen-bond donors (Lipinski definition) is 1. The Morgan fingerprint density at radius 2 is 1.94 bits per heavy atom. The molecule has 1 aliphatic heterocycles. The second kappa shape index (κ2) is 5.74. The molecule has 0 aromatic heterocycles. The van der Waals surface area contributed by atoms with Crippen LogP contribution in [0.25, 0.3) is 0 Å². The van der Waals surface area contributed by atoms with Crippen LogP contribution in [0.5, 0.6) is 0 Å². The fraction of sp³-hybridized carbons (Fsp3) is 0.786. The van der Waals surface area contributed by atoms with E-state index in [0.29, 0.717) is 25.9 Å². The van der Waals surface area contributed by atoms with Gasteiger partial charge in [0.05, 0.1) is 5.60 Å². The number of carbonyl (C=O) groups is 1. The van der Waals surface area contributed by atoms with E-state index < -0.39 is 11.2 Å². The molecule has 104 valence electrons. The molecule has 1 N–H and O–H groups in total. The molecule has 0 spiro atoms. The maximum absolute atomic E-state index is 11.8. The van der Waals surface area contributed by atoms with E-state index in [4.69, 9.17) is 4.74 Å². The number of ether oxygens (including phenoxy) is 1. The Balaban J connectivity index is 2.49. The third-order valence-corrected chi connectivity index (χ3v) is 2.94. The number of amides is 1. The molecule has 0 bridgehead atoms. The summed E-state index contributed by atoms with van der Waals surface area (Å²) in [6.07, 6.45) is 5.61. The van der Waals surface area contributed by atoms with Gasteiger partial charge in [-0.1, -0.05) is 19.1 Å². The van der Waals surface area contributed by atoms with Crippen molar-refractivity contribution in [2.24, 2.45) is 0 Å². The van der Waals surface area contributed by atoms with E-state index in [-0.39, 0.29) is 6.09 Å². The Kier molecular flexibility index (Phi) is 4.79. The maximum Gasteiger partial charge on any atom is 0.410 e. The molecule has 1 saturated heterocycles. The highest BCUT2D eigenvalue weighted by molar-refractivity contribution is 5.68. The normalized spacial score (nSPS) is 20.2. The number of hydrogen-bond acceptors (Lipinski definition) is 3. The van der Waals surface area contributed by atoms with Crippen LogP contribution in [0.2, 0.25) is 0 Å². The fourth-order valence-electron chi connectivity index (χ4n) is 1.91. The van der Waals surface area contributed by atoms with Crippen molar-refractivity contribution in [1.82, 2.24) is 4.90 Å². The Labute approximate surface area is 110 Å². The predicted molar refractivity (Wildman–Crippen MR) is 71.4 cm³/mol. The number of allylic oxidation sites excluding steroid dienone is 1. The smallest absolute Gasteiger partial charge is 0.410 e. The monoisotopic (exact) mass is 255 g/mol. The Hall–Kier alpha value is -1.03. The molecule has 0 radical (unpaired) electrons. The lowest BCUT2D eigenvalue weighted by Gasteiger charge is -2.37. The van der Waals surface area contributed by atoms with Crippen LogP contribution in [0.15, 0.2) is 12.2 Å². The van der Waals surface area contributed by atoms with Gasteiger partial charge in [-0.2, -0.15) is 0 Å². The van der Waals surface area contributed by atoms with Crippen LogP contribution in [-0.4, -0.2) is 40.4 Å². The van der Waals surface area contributed by atoms with E-state index in [9.17, 15) is 9.90 Å². The van der Waals surface area contributed by atoms with Gasteiger partial charge in [-0.25, -0.2) is 4.79 Å². The highest BCUT2D eigenvalue weighted by Gasteiger charge is 2.33. The molecule has 0 aliphatic carbocycles. The summed E-state index contributed by atoms with van der Waals surface area (Å²) in [5.41, 5.74) is -1.22. The van der Waals surface area contributed by atoms with E-state index >= 15 is 0 Å². The van der Waals surface area contributed by atoms with Crippen molar-refractivity contribution in [2.75, 3.05) is 13.1 Å². The highest BCUT2D eigenvalue weighted by atomic mass is 16.6. The van der Waals surface area contributed by atoms with E-state index in [1.54, 1.807) is 4.90 Å². The Morgan fingerprint density at radius 1 is 1.39 bits per heavy atom. The highest BCUT2D eigenvalue weighted by Crippen LogP contribution is 2.25. The second-order valence-electron chi connectivity index (χ2n) is 5.88. The maximum atomic E-state index is 11.8. The zero-order chi connectivity index (χ0) is 13.8. The second-order valence-corrected chi connectivity index (χ2v) is 5.88. The minimum Gasteiger partial charge on any atom is -0.444 e. The van der Waals surface area contributed by atoms with Gasteiger partial charge in [-0.05, 0) is 40.0 Å². The van der Waals surface area contributed by atoms with E-state index in [2.05, 4.69) is 0 Å². The molecule has 0 aromatic rings. The summed E-state index contributed by atoms with van der Waals surface area (Å²) in [6, 6.07) is 0. The molecule has 0 unspecified atom stereocenters. The van der Waals surface area contributed by atoms with E-state index in [1.807, 2.05) is 39.8 Å². The number of carbonyl (C=O) groups excluding carboxylic acids is 1. The molecule has 4 nitrogen and oxygen atoms in total. The van der Waals surface area contributed by atoms with Gasteiger partial charge in [0.2, 0.25) is 0 Å². The van der Waals surface area contributed by atoms with Gasteiger partial charge in [0.15, 0.2) is 0 Å². The van der Waals surface area contributed by atoms with Gasteiger partial charge in [0, 0.05) is 13.1 Å². The number of piperidine rings is 1. The van der Waals surface area contributed by atoms with Gasteiger partial charge < -0.3 is 14.7 Å². The lowest BCUT2D eigenvalue weighted by atomic mass is 9.91. The van der Waals surface area contributed by atoms with Crippen LogP contribution in [0, 0.1) is 0 Å². The van der Waals surface area contributed by atoms with Gasteiger partial charge in [-0.3, -0.25) is 0 Å². The van der Waals surface area contributed by atoms with E-state index in [0.717, 1.165) is 6.42 Å². The summed E-state index contributed by atoms with van der Waals surface area (Å²) in [6.45, 7) is 8.69. The molecule has 1 rings (SSSR count). The van der Waals surface area contributed by atoms with Crippen molar-refractivity contribution < 1.29 is 14.6 Å². The van der Waals surface area contributed by atoms with Crippen molar-refractivity contribution in [3.8, 4) is 0 Å². The Bertz CT molecular complexity index is 309. The standard InChI is InChI=1S/C14H25NO3/c1-5-6-7-14(17)8-10-15(11-9-14)12(16)18-13(2,3)4/h6-7,17H,5,8-11H2,1-4H3/b7-6+. The number of likely N-dealkylation sites (tertiary alicyclic amines) is 1. The average Bonchev–Trinajstić information content (AvgIpc) is 2.25. The summed E-state index contributed by atoms with van der Waals surface area (Å²) in [5.74, 6) is 0. The summed E-state index contributed by atoms with van der Waals surface area (Å²) in [7, 11) is 0. The molecule has 1 amide bonds. The predicted octanol–water partition coefficient (Wildman–Crippen LogP) is 2.71. The van der Waals surface area contributed by atoms with Crippen LogP contribution in [0.3, 0.4) is 0 Å². The lowest BCUT2D eigenvalue weighted by Crippen LogP contribution is -2.47. The summed E-state index contributed by atoms with van der Waals surface area (Å²) in [4.78, 5) is 13.5. The van der Waals surface area contributed by atoms with Gasteiger partial charge >= 0.3 is 6.09 Å². The molecule has 1 aliphatic rings. The topological polar surface area (TPSA) is 49.8 Å². The first kappa shape index (κ1) is 15.0. The Morgan fingerprint density at radius 3 is 2.39 bits per heavy atom. The number of nitrogens with zero attached hydrogens (tertiary/aromatic N) is 1. The van der Waals surface area contributed by atoms with Crippen LogP contribution in [0.1, 0.15) is 47.0 Å². The zero-order valence-corrected chi connectivity index (χ0v) is 11.9. The molecule has 1 fully saturated rings. The molecule has 18 heavy (non-hydrogen) atoms.